The topological polar surface area (TPSA) is 37.8 Å². The fourth-order valence-electron chi connectivity index (χ4n) is 2.13. The predicted molar refractivity (Wildman–Crippen MR) is 89.8 cm³/mol. The first-order valence-corrected chi connectivity index (χ1v) is 8.39. The normalized spacial score (nSPS) is 13.3. The standard InChI is InChI=1S/C17H25N3S/c1-5-11-18-14(13-9-7-6-8-10-13)12-15-19-16(20-21-15)17(2,3)4/h6-10,14,18H,5,11-12H2,1-4H3. The molecule has 3 nitrogen and oxygen atoms in total. The Bertz CT molecular complexity index is 543. The van der Waals surface area contributed by atoms with Gasteiger partial charge in [0, 0.05) is 17.9 Å². The van der Waals surface area contributed by atoms with Crippen LogP contribution in [0.15, 0.2) is 30.3 Å². The van der Waals surface area contributed by atoms with Gasteiger partial charge in [-0.3, -0.25) is 0 Å². The third-order valence-corrected chi connectivity index (χ3v) is 4.09. The van der Waals surface area contributed by atoms with Crippen molar-refractivity contribution in [1.82, 2.24) is 14.7 Å². The lowest BCUT2D eigenvalue weighted by Crippen LogP contribution is -2.24. The highest BCUT2D eigenvalue weighted by atomic mass is 32.1. The number of hydrogen-bond acceptors (Lipinski definition) is 4. The molecule has 0 aliphatic carbocycles. The van der Waals surface area contributed by atoms with E-state index in [1.807, 2.05) is 0 Å². The fourth-order valence-corrected chi connectivity index (χ4v) is 3.00. The summed E-state index contributed by atoms with van der Waals surface area (Å²) in [5, 5.41) is 4.73. The van der Waals surface area contributed by atoms with Crippen LogP contribution in [0, 0.1) is 0 Å². The molecule has 0 aliphatic heterocycles. The molecule has 1 unspecified atom stereocenters. The minimum Gasteiger partial charge on any atom is -0.310 e. The van der Waals surface area contributed by atoms with Crippen molar-refractivity contribution in [3.05, 3.63) is 46.7 Å². The molecule has 0 aliphatic rings. The van der Waals surface area contributed by atoms with Gasteiger partial charge < -0.3 is 5.32 Å². The van der Waals surface area contributed by atoms with E-state index >= 15 is 0 Å². The molecular weight excluding hydrogens is 278 g/mol. The molecule has 1 aromatic carbocycles. The summed E-state index contributed by atoms with van der Waals surface area (Å²) in [7, 11) is 0. The number of hydrogen-bond donors (Lipinski definition) is 1. The van der Waals surface area contributed by atoms with E-state index in [1.165, 1.54) is 17.1 Å². The Morgan fingerprint density at radius 3 is 2.48 bits per heavy atom. The summed E-state index contributed by atoms with van der Waals surface area (Å²) in [4.78, 5) is 4.72. The van der Waals surface area contributed by atoms with E-state index in [2.05, 4.69) is 67.7 Å². The first-order valence-electron chi connectivity index (χ1n) is 7.62. The summed E-state index contributed by atoms with van der Waals surface area (Å²) in [5.74, 6) is 0.949. The van der Waals surface area contributed by atoms with Gasteiger partial charge in [0.25, 0.3) is 0 Å². The molecule has 0 saturated heterocycles. The molecule has 0 bridgehead atoms. The van der Waals surface area contributed by atoms with Gasteiger partial charge in [-0.25, -0.2) is 4.98 Å². The molecule has 21 heavy (non-hydrogen) atoms. The van der Waals surface area contributed by atoms with Crippen molar-refractivity contribution in [2.45, 2.75) is 52.0 Å². The second-order valence-electron chi connectivity index (χ2n) is 6.38. The van der Waals surface area contributed by atoms with Crippen LogP contribution >= 0.6 is 11.5 Å². The van der Waals surface area contributed by atoms with Crippen LogP contribution in [0.3, 0.4) is 0 Å². The molecule has 0 spiro atoms. The highest BCUT2D eigenvalue weighted by Crippen LogP contribution is 2.24. The zero-order chi connectivity index (χ0) is 15.3. The second-order valence-corrected chi connectivity index (χ2v) is 7.22. The number of rotatable bonds is 6. The average molecular weight is 303 g/mol. The van der Waals surface area contributed by atoms with Crippen molar-refractivity contribution in [3.8, 4) is 0 Å². The molecule has 1 aromatic heterocycles. The zero-order valence-electron chi connectivity index (χ0n) is 13.4. The Hall–Kier alpha value is -1.26. The lowest BCUT2D eigenvalue weighted by molar-refractivity contribution is 0.521. The molecule has 2 rings (SSSR count). The molecule has 1 atom stereocenters. The van der Waals surface area contributed by atoms with Crippen molar-refractivity contribution in [3.63, 3.8) is 0 Å². The van der Waals surface area contributed by atoms with Crippen molar-refractivity contribution in [1.29, 1.82) is 0 Å². The molecule has 114 valence electrons. The molecule has 0 fully saturated rings. The summed E-state index contributed by atoms with van der Waals surface area (Å²) < 4.78 is 4.52. The van der Waals surface area contributed by atoms with Crippen LogP contribution in [0.1, 0.15) is 56.6 Å². The van der Waals surface area contributed by atoms with Gasteiger partial charge in [-0.05, 0) is 30.1 Å². The molecule has 1 heterocycles. The Morgan fingerprint density at radius 2 is 1.90 bits per heavy atom. The van der Waals surface area contributed by atoms with Gasteiger partial charge in [-0.1, -0.05) is 58.0 Å². The Balaban J connectivity index is 2.13. The lowest BCUT2D eigenvalue weighted by atomic mass is 9.96. The molecular formula is C17H25N3S. The van der Waals surface area contributed by atoms with Crippen LogP contribution in [0.2, 0.25) is 0 Å². The summed E-state index contributed by atoms with van der Waals surface area (Å²) in [6.07, 6.45) is 2.03. The van der Waals surface area contributed by atoms with E-state index in [4.69, 9.17) is 4.98 Å². The Kier molecular flexibility index (Phi) is 5.48. The maximum Gasteiger partial charge on any atom is 0.147 e. The highest BCUT2D eigenvalue weighted by Gasteiger charge is 2.21. The molecule has 0 radical (unpaired) electrons. The molecule has 0 amide bonds. The van der Waals surface area contributed by atoms with E-state index in [1.54, 1.807) is 0 Å². The molecule has 1 N–H and O–H groups in total. The summed E-state index contributed by atoms with van der Waals surface area (Å²) >= 11 is 1.53. The van der Waals surface area contributed by atoms with E-state index in [0.717, 1.165) is 30.2 Å². The maximum atomic E-state index is 4.72. The number of benzene rings is 1. The number of nitrogens with one attached hydrogen (secondary N) is 1. The van der Waals surface area contributed by atoms with Crippen molar-refractivity contribution < 1.29 is 0 Å². The number of nitrogens with zero attached hydrogens (tertiary/aromatic N) is 2. The van der Waals surface area contributed by atoms with Gasteiger partial charge in [0.2, 0.25) is 0 Å². The van der Waals surface area contributed by atoms with Gasteiger partial charge in [0.1, 0.15) is 10.8 Å². The minimum absolute atomic E-state index is 0.0217. The van der Waals surface area contributed by atoms with Crippen LogP contribution in [-0.2, 0) is 11.8 Å². The van der Waals surface area contributed by atoms with Gasteiger partial charge in [0.15, 0.2) is 0 Å². The summed E-state index contributed by atoms with van der Waals surface area (Å²) in [6, 6.07) is 10.9. The summed E-state index contributed by atoms with van der Waals surface area (Å²) in [6.45, 7) is 9.68. The Morgan fingerprint density at radius 1 is 1.19 bits per heavy atom. The van der Waals surface area contributed by atoms with Gasteiger partial charge >= 0.3 is 0 Å². The van der Waals surface area contributed by atoms with E-state index in [9.17, 15) is 0 Å². The third-order valence-electron chi connectivity index (χ3n) is 3.36. The first kappa shape index (κ1) is 16.1. The van der Waals surface area contributed by atoms with E-state index < -0.39 is 0 Å². The van der Waals surface area contributed by atoms with E-state index in [-0.39, 0.29) is 5.41 Å². The quantitative estimate of drug-likeness (QED) is 0.872. The number of aromatic nitrogens is 2. The second kappa shape index (κ2) is 7.14. The Labute approximate surface area is 132 Å². The SMILES string of the molecule is CCCNC(Cc1nc(C(C)(C)C)ns1)c1ccccc1. The average Bonchev–Trinajstić information content (AvgIpc) is 2.93. The van der Waals surface area contributed by atoms with Crippen LogP contribution in [0.5, 0.6) is 0 Å². The molecule has 2 aromatic rings. The van der Waals surface area contributed by atoms with Crippen LogP contribution < -0.4 is 5.32 Å². The smallest absolute Gasteiger partial charge is 0.147 e. The largest absolute Gasteiger partial charge is 0.310 e. The molecule has 0 saturated carbocycles. The third kappa shape index (κ3) is 4.61. The predicted octanol–water partition coefficient (Wildman–Crippen LogP) is 4.12. The van der Waals surface area contributed by atoms with Gasteiger partial charge in [0.05, 0.1) is 0 Å². The fraction of sp³-hybridized carbons (Fsp3) is 0.529. The maximum absolute atomic E-state index is 4.72. The van der Waals surface area contributed by atoms with Gasteiger partial charge in [-0.2, -0.15) is 4.37 Å². The summed E-state index contributed by atoms with van der Waals surface area (Å²) in [5.41, 5.74) is 1.34. The minimum atomic E-state index is 0.0217. The first-order chi connectivity index (χ1) is 10.0. The van der Waals surface area contributed by atoms with Crippen molar-refractivity contribution >= 4 is 11.5 Å². The van der Waals surface area contributed by atoms with Crippen molar-refractivity contribution in [2.24, 2.45) is 0 Å². The van der Waals surface area contributed by atoms with Crippen LogP contribution in [0.25, 0.3) is 0 Å². The van der Waals surface area contributed by atoms with Gasteiger partial charge in [-0.15, -0.1) is 0 Å². The van der Waals surface area contributed by atoms with Crippen molar-refractivity contribution in [2.75, 3.05) is 6.54 Å². The lowest BCUT2D eigenvalue weighted by Gasteiger charge is -2.18. The highest BCUT2D eigenvalue weighted by molar-refractivity contribution is 7.05. The monoisotopic (exact) mass is 303 g/mol. The van der Waals surface area contributed by atoms with Crippen LogP contribution in [-0.4, -0.2) is 15.9 Å². The van der Waals surface area contributed by atoms with E-state index in [0.29, 0.717) is 6.04 Å². The molecule has 4 heteroatoms. The van der Waals surface area contributed by atoms with Crippen LogP contribution in [0.4, 0.5) is 0 Å². The zero-order valence-corrected chi connectivity index (χ0v) is 14.2.